The average molecular weight is 582 g/mol. The summed E-state index contributed by atoms with van der Waals surface area (Å²) in [4.78, 5) is 34.7. The van der Waals surface area contributed by atoms with Crippen LogP contribution in [0.3, 0.4) is 0 Å². The number of hydrogen-bond donors (Lipinski definition) is 1. The predicted molar refractivity (Wildman–Crippen MR) is 167 cm³/mol. The van der Waals surface area contributed by atoms with Gasteiger partial charge in [0.05, 0.1) is 32.9 Å². The van der Waals surface area contributed by atoms with Crippen LogP contribution in [-0.4, -0.2) is 42.0 Å². The van der Waals surface area contributed by atoms with Gasteiger partial charge in [0.1, 0.15) is 22.5 Å². The van der Waals surface area contributed by atoms with E-state index >= 15 is 0 Å². The van der Waals surface area contributed by atoms with Gasteiger partial charge in [-0.2, -0.15) is 0 Å². The summed E-state index contributed by atoms with van der Waals surface area (Å²) in [5, 5.41) is 5.84. The molecule has 8 heteroatoms. The van der Waals surface area contributed by atoms with E-state index in [1.807, 2.05) is 84.2 Å². The first kappa shape index (κ1) is 29.1. The Kier molecular flexibility index (Phi) is 9.66. The Balaban J connectivity index is 1.46. The summed E-state index contributed by atoms with van der Waals surface area (Å²) < 4.78 is 10.6. The van der Waals surface area contributed by atoms with Crippen LogP contribution in [-0.2, 0) is 22.6 Å². The maximum absolute atomic E-state index is 14.1. The third-order valence-corrected chi connectivity index (χ3v) is 8.31. The molecule has 0 saturated heterocycles. The Morgan fingerprint density at radius 3 is 2.29 bits per heavy atom. The molecule has 1 aromatic heterocycles. The third-order valence-electron chi connectivity index (χ3n) is 7.48. The molecule has 2 unspecified atom stereocenters. The molecule has 4 aromatic rings. The summed E-state index contributed by atoms with van der Waals surface area (Å²) in [7, 11) is 3.25. The molecule has 216 valence electrons. The monoisotopic (exact) mass is 581 g/mol. The van der Waals surface area contributed by atoms with Gasteiger partial charge in [-0.3, -0.25) is 9.59 Å². The molecule has 0 radical (unpaired) electrons. The van der Waals surface area contributed by atoms with Gasteiger partial charge in [-0.25, -0.2) is 4.98 Å². The molecule has 1 aliphatic rings. The second-order valence-corrected chi connectivity index (χ2v) is 11.2. The molecular weight excluding hydrogens is 546 g/mol. The van der Waals surface area contributed by atoms with Gasteiger partial charge in [0, 0.05) is 16.6 Å². The van der Waals surface area contributed by atoms with Gasteiger partial charge >= 0.3 is 0 Å². The van der Waals surface area contributed by atoms with E-state index in [9.17, 15) is 9.59 Å². The number of allylic oxidation sites excluding steroid dienone is 2. The normalized spacial score (nSPS) is 15.0. The van der Waals surface area contributed by atoms with Crippen LogP contribution in [0.2, 0.25) is 0 Å². The number of nitrogens with one attached hydrogen (secondary N) is 1. The van der Waals surface area contributed by atoms with Crippen LogP contribution in [0, 0.1) is 5.92 Å². The minimum absolute atomic E-state index is 0.0195. The molecule has 1 aliphatic carbocycles. The van der Waals surface area contributed by atoms with E-state index in [1.165, 1.54) is 11.3 Å². The Morgan fingerprint density at radius 1 is 0.952 bits per heavy atom. The number of hydrogen-bond acceptors (Lipinski definition) is 6. The van der Waals surface area contributed by atoms with Crippen molar-refractivity contribution in [3.05, 3.63) is 107 Å². The summed E-state index contributed by atoms with van der Waals surface area (Å²) >= 11 is 1.49. The molecule has 3 aromatic carbocycles. The van der Waals surface area contributed by atoms with Crippen molar-refractivity contribution >= 4 is 28.8 Å². The zero-order chi connectivity index (χ0) is 29.3. The fraction of sp³-hybridized carbons (Fsp3) is 0.265. The molecule has 1 heterocycles. The van der Waals surface area contributed by atoms with Crippen LogP contribution >= 0.6 is 11.3 Å². The van der Waals surface area contributed by atoms with Crippen LogP contribution in [0.1, 0.15) is 29.8 Å². The lowest BCUT2D eigenvalue weighted by atomic mass is 9.85. The molecule has 2 atom stereocenters. The zero-order valence-electron chi connectivity index (χ0n) is 23.9. The van der Waals surface area contributed by atoms with E-state index in [2.05, 4.69) is 17.5 Å². The Labute approximate surface area is 250 Å². The fourth-order valence-corrected chi connectivity index (χ4v) is 6.04. The fourth-order valence-electron chi connectivity index (χ4n) is 5.24. The quantitative estimate of drug-likeness (QED) is 0.198. The van der Waals surface area contributed by atoms with E-state index < -0.39 is 6.04 Å². The van der Waals surface area contributed by atoms with Crippen LogP contribution in [0.15, 0.2) is 96.4 Å². The highest BCUT2D eigenvalue weighted by atomic mass is 32.1. The topological polar surface area (TPSA) is 80.8 Å². The Bertz CT molecular complexity index is 1500. The molecule has 0 bridgehead atoms. The van der Waals surface area contributed by atoms with Gasteiger partial charge in [-0.1, -0.05) is 42.5 Å². The van der Waals surface area contributed by atoms with E-state index in [-0.39, 0.29) is 30.7 Å². The second kappa shape index (κ2) is 14.0. The SMILES string of the molecule is COc1ccc(NC(=O)C(C2CC=CCC2)N(Cc2nc(-c3ccc(OC)cc3)cs2)C(=O)Cc2ccccc2)cc1. The van der Waals surface area contributed by atoms with E-state index in [1.54, 1.807) is 19.1 Å². The van der Waals surface area contributed by atoms with Crippen LogP contribution < -0.4 is 14.8 Å². The number of ether oxygens (including phenoxy) is 2. The molecule has 0 spiro atoms. The lowest BCUT2D eigenvalue weighted by Gasteiger charge is -2.36. The van der Waals surface area contributed by atoms with E-state index in [0.717, 1.165) is 46.8 Å². The summed E-state index contributed by atoms with van der Waals surface area (Å²) in [6.45, 7) is 0.243. The first-order valence-corrected chi connectivity index (χ1v) is 14.9. The molecular formula is C34H35N3O4S. The van der Waals surface area contributed by atoms with Crippen molar-refractivity contribution in [2.45, 2.75) is 38.3 Å². The summed E-state index contributed by atoms with van der Waals surface area (Å²) in [5.41, 5.74) is 3.35. The predicted octanol–water partition coefficient (Wildman–Crippen LogP) is 6.76. The lowest BCUT2D eigenvalue weighted by Crippen LogP contribution is -2.51. The number of amides is 2. The van der Waals surface area contributed by atoms with Crippen molar-refractivity contribution in [1.29, 1.82) is 0 Å². The smallest absolute Gasteiger partial charge is 0.247 e. The van der Waals surface area contributed by atoms with Gasteiger partial charge < -0.3 is 19.7 Å². The van der Waals surface area contributed by atoms with E-state index in [0.29, 0.717) is 11.4 Å². The van der Waals surface area contributed by atoms with Crippen molar-refractivity contribution in [2.24, 2.45) is 5.92 Å². The molecule has 42 heavy (non-hydrogen) atoms. The van der Waals surface area contributed by atoms with Gasteiger partial charge in [-0.15, -0.1) is 11.3 Å². The number of nitrogens with zero attached hydrogens (tertiary/aromatic N) is 2. The highest BCUT2D eigenvalue weighted by Crippen LogP contribution is 2.30. The van der Waals surface area contributed by atoms with Gasteiger partial charge in [0.15, 0.2) is 0 Å². The molecule has 0 fully saturated rings. The summed E-state index contributed by atoms with van der Waals surface area (Å²) in [5.74, 6) is 1.16. The molecule has 7 nitrogen and oxygen atoms in total. The van der Waals surface area contributed by atoms with Crippen LogP contribution in [0.5, 0.6) is 11.5 Å². The number of benzene rings is 3. The largest absolute Gasteiger partial charge is 0.497 e. The highest BCUT2D eigenvalue weighted by molar-refractivity contribution is 7.09. The van der Waals surface area contributed by atoms with Gasteiger partial charge in [0.25, 0.3) is 0 Å². The zero-order valence-corrected chi connectivity index (χ0v) is 24.7. The van der Waals surface area contributed by atoms with E-state index in [4.69, 9.17) is 14.5 Å². The maximum Gasteiger partial charge on any atom is 0.247 e. The lowest BCUT2D eigenvalue weighted by molar-refractivity contribution is -0.141. The first-order valence-electron chi connectivity index (χ1n) is 14.1. The number of rotatable bonds is 11. The number of carbonyl (C=O) groups excluding carboxylic acids is 2. The molecule has 0 aliphatic heterocycles. The molecule has 1 N–H and O–H groups in total. The number of aromatic nitrogens is 1. The Hall–Kier alpha value is -4.43. The van der Waals surface area contributed by atoms with Crippen molar-refractivity contribution in [3.8, 4) is 22.8 Å². The Morgan fingerprint density at radius 2 is 1.64 bits per heavy atom. The van der Waals surface area contributed by atoms with Crippen LogP contribution in [0.25, 0.3) is 11.3 Å². The average Bonchev–Trinajstić information content (AvgIpc) is 3.51. The molecule has 5 rings (SSSR count). The standard InChI is InChI=1S/C34H35N3O4S/c1-40-28-17-13-25(14-18-28)30-23-42-31(36-30)22-37(32(38)21-24-9-5-3-6-10-24)33(26-11-7-4-8-12-26)34(39)35-27-15-19-29(41-2)20-16-27/h3-7,9-10,13-20,23,26,33H,8,11-12,21-22H2,1-2H3,(H,35,39). The highest BCUT2D eigenvalue weighted by Gasteiger charge is 2.37. The first-order chi connectivity index (χ1) is 20.5. The minimum atomic E-state index is -0.665. The van der Waals surface area contributed by atoms with Crippen LogP contribution in [0.4, 0.5) is 5.69 Å². The summed E-state index contributed by atoms with van der Waals surface area (Å²) in [6.07, 6.45) is 6.88. The number of carbonyl (C=O) groups is 2. The summed E-state index contributed by atoms with van der Waals surface area (Å²) in [6, 6.07) is 24.0. The van der Waals surface area contributed by atoms with Gasteiger partial charge in [0.2, 0.25) is 11.8 Å². The molecule has 0 saturated carbocycles. The minimum Gasteiger partial charge on any atom is -0.497 e. The second-order valence-electron chi connectivity index (χ2n) is 10.2. The van der Waals surface area contributed by atoms with Gasteiger partial charge in [-0.05, 0) is 79.3 Å². The number of anilines is 1. The molecule has 2 amide bonds. The van der Waals surface area contributed by atoms with Crippen molar-refractivity contribution < 1.29 is 19.1 Å². The third kappa shape index (κ3) is 7.25. The maximum atomic E-state index is 14.1. The van der Waals surface area contributed by atoms with Crippen molar-refractivity contribution in [2.75, 3.05) is 19.5 Å². The number of methoxy groups -OCH3 is 2. The van der Waals surface area contributed by atoms with Crippen molar-refractivity contribution in [3.63, 3.8) is 0 Å². The van der Waals surface area contributed by atoms with Crippen molar-refractivity contribution in [1.82, 2.24) is 9.88 Å². The number of thiazole rings is 1.